The van der Waals surface area contributed by atoms with Crippen molar-refractivity contribution in [2.75, 3.05) is 6.61 Å². The number of rotatable bonds is 4. The largest absolute Gasteiger partial charge is 0.493 e. The molecule has 104 valence electrons. The van der Waals surface area contributed by atoms with Gasteiger partial charge in [-0.2, -0.15) is 0 Å². The van der Waals surface area contributed by atoms with Gasteiger partial charge in [-0.05, 0) is 56.5 Å². The Bertz CT molecular complexity index is 642. The first-order valence-corrected chi connectivity index (χ1v) is 6.89. The molecule has 0 aliphatic rings. The van der Waals surface area contributed by atoms with Crippen molar-refractivity contribution in [2.45, 2.75) is 27.7 Å². The molecule has 0 aliphatic carbocycles. The molecule has 0 unspecified atom stereocenters. The van der Waals surface area contributed by atoms with Crippen LogP contribution in [0.15, 0.2) is 36.4 Å². The second kappa shape index (κ2) is 5.91. The minimum absolute atomic E-state index is 0.0228. The number of ketones is 1. The third-order valence-corrected chi connectivity index (χ3v) is 3.73. The van der Waals surface area contributed by atoms with Gasteiger partial charge in [0.25, 0.3) is 0 Å². The Morgan fingerprint density at radius 1 is 0.950 bits per heavy atom. The number of para-hydroxylation sites is 1. The highest BCUT2D eigenvalue weighted by molar-refractivity contribution is 6.11. The minimum Gasteiger partial charge on any atom is -0.493 e. The predicted molar refractivity (Wildman–Crippen MR) is 81.7 cm³/mol. The summed E-state index contributed by atoms with van der Waals surface area (Å²) in [6.07, 6.45) is 0. The molecule has 0 heterocycles. The van der Waals surface area contributed by atoms with Crippen molar-refractivity contribution < 1.29 is 9.53 Å². The maximum absolute atomic E-state index is 12.7. The summed E-state index contributed by atoms with van der Waals surface area (Å²) in [5.41, 5.74) is 4.80. The van der Waals surface area contributed by atoms with E-state index in [0.717, 1.165) is 11.1 Å². The van der Waals surface area contributed by atoms with Gasteiger partial charge in [-0.3, -0.25) is 4.79 Å². The van der Waals surface area contributed by atoms with Crippen molar-refractivity contribution in [3.63, 3.8) is 0 Å². The SMILES string of the molecule is CCOc1ccccc1C(=O)c1ccc(C)c(C)c1C. The second-order valence-electron chi connectivity index (χ2n) is 4.94. The van der Waals surface area contributed by atoms with E-state index >= 15 is 0 Å². The molecule has 0 aliphatic heterocycles. The Morgan fingerprint density at radius 2 is 1.65 bits per heavy atom. The van der Waals surface area contributed by atoms with Gasteiger partial charge in [-0.1, -0.05) is 24.3 Å². The van der Waals surface area contributed by atoms with Gasteiger partial charge >= 0.3 is 0 Å². The Hall–Kier alpha value is -2.09. The number of ether oxygens (including phenoxy) is 1. The van der Waals surface area contributed by atoms with Gasteiger partial charge in [0, 0.05) is 5.56 Å². The molecular formula is C18H20O2. The zero-order chi connectivity index (χ0) is 14.7. The average Bonchev–Trinajstić information content (AvgIpc) is 2.45. The summed E-state index contributed by atoms with van der Waals surface area (Å²) in [5.74, 6) is 0.673. The predicted octanol–water partition coefficient (Wildman–Crippen LogP) is 4.24. The number of carbonyl (C=O) groups excluding carboxylic acids is 1. The van der Waals surface area contributed by atoms with Crippen molar-refractivity contribution >= 4 is 5.78 Å². The van der Waals surface area contributed by atoms with E-state index in [2.05, 4.69) is 13.8 Å². The lowest BCUT2D eigenvalue weighted by Gasteiger charge is -2.13. The van der Waals surface area contributed by atoms with E-state index in [0.29, 0.717) is 17.9 Å². The minimum atomic E-state index is 0.0228. The van der Waals surface area contributed by atoms with Crippen LogP contribution >= 0.6 is 0 Å². The lowest BCUT2D eigenvalue weighted by molar-refractivity contribution is 0.103. The number of aryl methyl sites for hydroxylation is 1. The third-order valence-electron chi connectivity index (χ3n) is 3.73. The number of hydrogen-bond donors (Lipinski definition) is 0. The molecule has 0 N–H and O–H groups in total. The summed E-state index contributed by atoms with van der Waals surface area (Å²) in [6, 6.07) is 11.3. The zero-order valence-corrected chi connectivity index (χ0v) is 12.5. The van der Waals surface area contributed by atoms with Crippen molar-refractivity contribution in [1.29, 1.82) is 0 Å². The molecule has 2 aromatic carbocycles. The molecule has 0 radical (unpaired) electrons. The van der Waals surface area contributed by atoms with Crippen LogP contribution in [-0.2, 0) is 0 Å². The summed E-state index contributed by atoms with van der Waals surface area (Å²) >= 11 is 0. The van der Waals surface area contributed by atoms with Crippen LogP contribution in [0.25, 0.3) is 0 Å². The Kier molecular flexibility index (Phi) is 4.23. The lowest BCUT2D eigenvalue weighted by Crippen LogP contribution is -2.08. The van der Waals surface area contributed by atoms with E-state index in [9.17, 15) is 4.79 Å². The highest BCUT2D eigenvalue weighted by Gasteiger charge is 2.17. The summed E-state index contributed by atoms with van der Waals surface area (Å²) in [4.78, 5) is 12.7. The van der Waals surface area contributed by atoms with Crippen LogP contribution in [-0.4, -0.2) is 12.4 Å². The van der Waals surface area contributed by atoms with E-state index in [-0.39, 0.29) is 5.78 Å². The fourth-order valence-electron chi connectivity index (χ4n) is 2.28. The van der Waals surface area contributed by atoms with Crippen LogP contribution in [0.1, 0.15) is 39.5 Å². The Labute approximate surface area is 120 Å². The highest BCUT2D eigenvalue weighted by atomic mass is 16.5. The van der Waals surface area contributed by atoms with Crippen molar-refractivity contribution in [2.24, 2.45) is 0 Å². The monoisotopic (exact) mass is 268 g/mol. The summed E-state index contributed by atoms with van der Waals surface area (Å²) in [7, 11) is 0. The van der Waals surface area contributed by atoms with Crippen molar-refractivity contribution in [1.82, 2.24) is 0 Å². The molecule has 2 heteroatoms. The van der Waals surface area contributed by atoms with E-state index in [1.54, 1.807) is 0 Å². The van der Waals surface area contributed by atoms with E-state index in [1.807, 2.05) is 50.2 Å². The first kappa shape index (κ1) is 14.3. The van der Waals surface area contributed by atoms with E-state index in [1.165, 1.54) is 11.1 Å². The summed E-state index contributed by atoms with van der Waals surface area (Å²) < 4.78 is 5.55. The fourth-order valence-corrected chi connectivity index (χ4v) is 2.28. The summed E-state index contributed by atoms with van der Waals surface area (Å²) in [5, 5.41) is 0. The molecule has 2 nitrogen and oxygen atoms in total. The topological polar surface area (TPSA) is 26.3 Å². The Morgan fingerprint density at radius 3 is 2.35 bits per heavy atom. The highest BCUT2D eigenvalue weighted by Crippen LogP contribution is 2.25. The van der Waals surface area contributed by atoms with Gasteiger partial charge in [0.1, 0.15) is 5.75 Å². The van der Waals surface area contributed by atoms with Crippen LogP contribution in [0.4, 0.5) is 0 Å². The van der Waals surface area contributed by atoms with Gasteiger partial charge in [-0.15, -0.1) is 0 Å². The zero-order valence-electron chi connectivity index (χ0n) is 12.5. The van der Waals surface area contributed by atoms with Gasteiger partial charge in [-0.25, -0.2) is 0 Å². The first-order chi connectivity index (χ1) is 9.56. The van der Waals surface area contributed by atoms with Gasteiger partial charge in [0.2, 0.25) is 0 Å². The average molecular weight is 268 g/mol. The first-order valence-electron chi connectivity index (χ1n) is 6.89. The maximum atomic E-state index is 12.7. The molecule has 0 bridgehead atoms. The third kappa shape index (κ3) is 2.60. The van der Waals surface area contributed by atoms with Crippen molar-refractivity contribution in [3.05, 3.63) is 64.2 Å². The van der Waals surface area contributed by atoms with Crippen LogP contribution < -0.4 is 4.74 Å². The standard InChI is InChI=1S/C18H20O2/c1-5-20-17-9-7-6-8-16(17)18(19)15-11-10-12(2)13(3)14(15)4/h6-11H,5H2,1-4H3. The number of carbonyl (C=O) groups is 1. The molecule has 20 heavy (non-hydrogen) atoms. The summed E-state index contributed by atoms with van der Waals surface area (Å²) in [6.45, 7) is 8.58. The van der Waals surface area contributed by atoms with Crippen LogP contribution in [0.2, 0.25) is 0 Å². The van der Waals surface area contributed by atoms with Crippen LogP contribution in [0.5, 0.6) is 5.75 Å². The second-order valence-corrected chi connectivity index (χ2v) is 4.94. The Balaban J connectivity index is 2.50. The molecule has 0 saturated heterocycles. The smallest absolute Gasteiger partial charge is 0.197 e. The molecule has 0 atom stereocenters. The number of hydrogen-bond acceptors (Lipinski definition) is 2. The molecule has 0 aromatic heterocycles. The molecule has 0 fully saturated rings. The quantitative estimate of drug-likeness (QED) is 0.775. The molecule has 0 spiro atoms. The molecule has 0 amide bonds. The van der Waals surface area contributed by atoms with E-state index in [4.69, 9.17) is 4.74 Å². The van der Waals surface area contributed by atoms with Gasteiger partial charge < -0.3 is 4.74 Å². The maximum Gasteiger partial charge on any atom is 0.197 e. The van der Waals surface area contributed by atoms with Crippen LogP contribution in [0, 0.1) is 20.8 Å². The molecule has 2 aromatic rings. The van der Waals surface area contributed by atoms with E-state index < -0.39 is 0 Å². The van der Waals surface area contributed by atoms with Crippen LogP contribution in [0.3, 0.4) is 0 Å². The number of benzene rings is 2. The van der Waals surface area contributed by atoms with Crippen molar-refractivity contribution in [3.8, 4) is 5.75 Å². The molecule has 2 rings (SSSR count). The normalized spacial score (nSPS) is 10.4. The van der Waals surface area contributed by atoms with Gasteiger partial charge in [0.05, 0.1) is 12.2 Å². The fraction of sp³-hybridized carbons (Fsp3) is 0.278. The molecule has 0 saturated carbocycles. The molecular weight excluding hydrogens is 248 g/mol. The van der Waals surface area contributed by atoms with Gasteiger partial charge in [0.15, 0.2) is 5.78 Å². The lowest BCUT2D eigenvalue weighted by atomic mass is 9.93.